The lowest BCUT2D eigenvalue weighted by molar-refractivity contribution is 0.0452. The molecule has 0 atom stereocenters. The van der Waals surface area contributed by atoms with Gasteiger partial charge in [0.05, 0.1) is 29.8 Å². The van der Waals surface area contributed by atoms with E-state index < -0.39 is 0 Å². The highest BCUT2D eigenvalue weighted by molar-refractivity contribution is 6.42. The zero-order valence-corrected chi connectivity index (χ0v) is 12.3. The van der Waals surface area contributed by atoms with Crippen molar-refractivity contribution in [2.24, 2.45) is 10.3 Å². The van der Waals surface area contributed by atoms with Gasteiger partial charge in [-0.05, 0) is 18.2 Å². The Morgan fingerprint density at radius 2 is 2.05 bits per heavy atom. The number of morpholine rings is 1. The van der Waals surface area contributed by atoms with Crippen molar-refractivity contribution in [2.45, 2.75) is 0 Å². The third-order valence-electron chi connectivity index (χ3n) is 2.86. The fourth-order valence-corrected chi connectivity index (χ4v) is 2.17. The third kappa shape index (κ3) is 4.42. The Hall–Kier alpha value is -1.21. The van der Waals surface area contributed by atoms with Crippen LogP contribution in [0.2, 0.25) is 10.0 Å². The molecule has 1 aromatic rings. The van der Waals surface area contributed by atoms with Gasteiger partial charge in [-0.2, -0.15) is 5.53 Å². The molecule has 1 aromatic carbocycles. The standard InChI is InChI=1S/C12H15Cl2N5O/c13-10-2-1-9(7-11(10)14)16-12(17-18-15)8-19-3-5-20-6-4-19/h1-2,7H,3-6,8H2,(H2,15,16,17). The van der Waals surface area contributed by atoms with Crippen LogP contribution in [0, 0.1) is 5.53 Å². The number of rotatable bonds is 4. The highest BCUT2D eigenvalue weighted by atomic mass is 35.5. The second-order valence-corrected chi connectivity index (χ2v) is 5.10. The van der Waals surface area contributed by atoms with Gasteiger partial charge in [-0.15, -0.1) is 5.10 Å². The van der Waals surface area contributed by atoms with Crippen molar-refractivity contribution in [2.75, 3.05) is 38.2 Å². The van der Waals surface area contributed by atoms with E-state index >= 15 is 0 Å². The lowest BCUT2D eigenvalue weighted by Gasteiger charge is -2.26. The molecule has 8 heteroatoms. The smallest absolute Gasteiger partial charge is 0.145 e. The van der Waals surface area contributed by atoms with E-state index in [9.17, 15) is 0 Å². The van der Waals surface area contributed by atoms with E-state index in [0.717, 1.165) is 18.8 Å². The van der Waals surface area contributed by atoms with E-state index in [1.807, 2.05) is 0 Å². The lowest BCUT2D eigenvalue weighted by Crippen LogP contribution is -2.41. The normalized spacial score (nSPS) is 17.0. The molecule has 1 heterocycles. The largest absolute Gasteiger partial charge is 0.379 e. The van der Waals surface area contributed by atoms with E-state index in [4.69, 9.17) is 33.5 Å². The van der Waals surface area contributed by atoms with Gasteiger partial charge in [0.15, 0.2) is 0 Å². The second-order valence-electron chi connectivity index (χ2n) is 4.29. The van der Waals surface area contributed by atoms with Crippen LogP contribution in [0.1, 0.15) is 0 Å². The first-order chi connectivity index (χ1) is 9.69. The molecule has 0 unspecified atom stereocenters. The molecule has 0 radical (unpaired) electrons. The topological polar surface area (TPSA) is 73.1 Å². The Kier molecular flexibility index (Phi) is 5.72. The number of benzene rings is 1. The summed E-state index contributed by atoms with van der Waals surface area (Å²) in [5, 5.41) is 11.0. The molecule has 0 spiro atoms. The molecule has 1 fully saturated rings. The molecule has 108 valence electrons. The summed E-state index contributed by atoms with van der Waals surface area (Å²) >= 11 is 11.8. The van der Waals surface area contributed by atoms with Crippen molar-refractivity contribution in [3.8, 4) is 0 Å². The fourth-order valence-electron chi connectivity index (χ4n) is 1.87. The maximum Gasteiger partial charge on any atom is 0.145 e. The Labute approximate surface area is 127 Å². The molecule has 2 N–H and O–H groups in total. The van der Waals surface area contributed by atoms with Gasteiger partial charge in [0.2, 0.25) is 0 Å². The first-order valence-corrected chi connectivity index (χ1v) is 6.90. The van der Waals surface area contributed by atoms with Crippen LogP contribution in [0.5, 0.6) is 0 Å². The van der Waals surface area contributed by atoms with Crippen LogP contribution in [0.25, 0.3) is 0 Å². The molecule has 0 bridgehead atoms. The molecule has 0 aromatic heterocycles. The van der Waals surface area contributed by atoms with Crippen LogP contribution < -0.4 is 5.32 Å². The highest BCUT2D eigenvalue weighted by Gasteiger charge is 2.13. The second kappa shape index (κ2) is 7.54. The van der Waals surface area contributed by atoms with Crippen LogP contribution in [0.4, 0.5) is 5.69 Å². The maximum absolute atomic E-state index is 6.90. The van der Waals surface area contributed by atoms with Gasteiger partial charge in [0, 0.05) is 18.8 Å². The summed E-state index contributed by atoms with van der Waals surface area (Å²) in [5.41, 5.74) is 7.66. The molecule has 1 saturated heterocycles. The number of hydrogen-bond donors (Lipinski definition) is 2. The number of ether oxygens (including phenoxy) is 1. The molecular weight excluding hydrogens is 301 g/mol. The average molecular weight is 316 g/mol. The van der Waals surface area contributed by atoms with Crippen molar-refractivity contribution >= 4 is 34.7 Å². The van der Waals surface area contributed by atoms with Gasteiger partial charge in [-0.3, -0.25) is 4.90 Å². The Morgan fingerprint density at radius 3 is 2.70 bits per heavy atom. The number of nitrogens with zero attached hydrogens (tertiary/aromatic N) is 3. The van der Waals surface area contributed by atoms with E-state index in [-0.39, 0.29) is 0 Å². The van der Waals surface area contributed by atoms with E-state index in [0.29, 0.717) is 35.6 Å². The molecular formula is C12H15Cl2N5O. The van der Waals surface area contributed by atoms with Gasteiger partial charge < -0.3 is 10.1 Å². The number of amidine groups is 1. The SMILES string of the molecule is N=N/N=C(/CN1CCOCC1)Nc1ccc(Cl)c(Cl)c1. The Bertz CT molecular complexity index is 503. The van der Waals surface area contributed by atoms with Crippen LogP contribution in [0.15, 0.2) is 28.5 Å². The van der Waals surface area contributed by atoms with Crippen LogP contribution in [-0.2, 0) is 4.74 Å². The summed E-state index contributed by atoms with van der Waals surface area (Å²) in [4.78, 5) is 2.18. The third-order valence-corrected chi connectivity index (χ3v) is 3.60. The summed E-state index contributed by atoms with van der Waals surface area (Å²) in [6.07, 6.45) is 0. The zero-order chi connectivity index (χ0) is 14.4. The Balaban J connectivity index is 2.03. The molecule has 1 aliphatic rings. The van der Waals surface area contributed by atoms with E-state index in [2.05, 4.69) is 20.5 Å². The van der Waals surface area contributed by atoms with Crippen molar-refractivity contribution in [1.82, 2.24) is 4.90 Å². The predicted octanol–water partition coefficient (Wildman–Crippen LogP) is 3.08. The molecule has 0 amide bonds. The summed E-state index contributed by atoms with van der Waals surface area (Å²) in [5.74, 6) is 0.584. The summed E-state index contributed by atoms with van der Waals surface area (Å²) in [7, 11) is 0. The molecule has 20 heavy (non-hydrogen) atoms. The fraction of sp³-hybridized carbons (Fsp3) is 0.417. The Morgan fingerprint density at radius 1 is 1.30 bits per heavy atom. The predicted molar refractivity (Wildman–Crippen MR) is 79.9 cm³/mol. The van der Waals surface area contributed by atoms with Crippen molar-refractivity contribution < 1.29 is 4.74 Å². The van der Waals surface area contributed by atoms with Crippen molar-refractivity contribution in [1.29, 1.82) is 5.53 Å². The molecule has 2 rings (SSSR count). The highest BCUT2D eigenvalue weighted by Crippen LogP contribution is 2.25. The van der Waals surface area contributed by atoms with Crippen LogP contribution in [-0.4, -0.2) is 43.6 Å². The first kappa shape index (κ1) is 15.2. The van der Waals surface area contributed by atoms with Gasteiger partial charge in [0.25, 0.3) is 0 Å². The van der Waals surface area contributed by atoms with Crippen molar-refractivity contribution in [3.05, 3.63) is 28.2 Å². The minimum Gasteiger partial charge on any atom is -0.379 e. The lowest BCUT2D eigenvalue weighted by atomic mass is 10.3. The maximum atomic E-state index is 6.90. The number of anilines is 1. The minimum atomic E-state index is 0.463. The van der Waals surface area contributed by atoms with Crippen LogP contribution >= 0.6 is 23.2 Å². The first-order valence-electron chi connectivity index (χ1n) is 6.14. The van der Waals surface area contributed by atoms with Crippen LogP contribution in [0.3, 0.4) is 0 Å². The summed E-state index contributed by atoms with van der Waals surface area (Å²) < 4.78 is 5.29. The number of halogens is 2. The quantitative estimate of drug-likeness (QED) is 0.388. The summed E-state index contributed by atoms with van der Waals surface area (Å²) in [6, 6.07) is 5.21. The molecule has 0 aliphatic carbocycles. The van der Waals surface area contributed by atoms with Crippen molar-refractivity contribution in [3.63, 3.8) is 0 Å². The number of hydrogen-bond acceptors (Lipinski definition) is 4. The van der Waals surface area contributed by atoms with Gasteiger partial charge in [-0.1, -0.05) is 28.4 Å². The van der Waals surface area contributed by atoms with E-state index in [1.165, 1.54) is 0 Å². The molecule has 0 saturated carbocycles. The zero-order valence-electron chi connectivity index (χ0n) is 10.8. The van der Waals surface area contributed by atoms with Gasteiger partial charge in [-0.25, -0.2) is 0 Å². The van der Waals surface area contributed by atoms with Gasteiger partial charge >= 0.3 is 0 Å². The van der Waals surface area contributed by atoms with E-state index in [1.54, 1.807) is 18.2 Å². The van der Waals surface area contributed by atoms with Gasteiger partial charge in [0.1, 0.15) is 5.84 Å². The monoisotopic (exact) mass is 315 g/mol. The minimum absolute atomic E-state index is 0.463. The number of nitrogens with one attached hydrogen (secondary N) is 2. The average Bonchev–Trinajstić information content (AvgIpc) is 2.44. The molecule has 1 aliphatic heterocycles. The molecule has 6 nitrogen and oxygen atoms in total. The summed E-state index contributed by atoms with van der Waals surface area (Å²) in [6.45, 7) is 3.66.